The molecule has 0 unspecified atom stereocenters. The average molecular weight is 262 g/mol. The Morgan fingerprint density at radius 1 is 1.47 bits per heavy atom. The van der Waals surface area contributed by atoms with Crippen LogP contribution < -0.4 is 10.2 Å². The molecule has 5 nitrogen and oxygen atoms in total. The highest BCUT2D eigenvalue weighted by Crippen LogP contribution is 2.30. The Labute approximate surface area is 112 Å². The van der Waals surface area contributed by atoms with Gasteiger partial charge in [-0.1, -0.05) is 0 Å². The van der Waals surface area contributed by atoms with E-state index in [-0.39, 0.29) is 5.91 Å². The molecular formula is C14H18N2O3. The number of nitrogens with zero attached hydrogens (tertiary/aromatic N) is 1. The van der Waals surface area contributed by atoms with Gasteiger partial charge in [-0.25, -0.2) is 0 Å². The number of nitrogens with one attached hydrogen (secondary N) is 1. The molecule has 0 aliphatic carbocycles. The number of aliphatic carboxylic acids is 1. The van der Waals surface area contributed by atoms with Crippen molar-refractivity contribution in [3.8, 4) is 0 Å². The van der Waals surface area contributed by atoms with E-state index in [2.05, 4.69) is 5.32 Å². The summed E-state index contributed by atoms with van der Waals surface area (Å²) in [6.45, 7) is 3.69. The fourth-order valence-corrected chi connectivity index (χ4v) is 1.98. The van der Waals surface area contributed by atoms with Crippen molar-refractivity contribution in [2.24, 2.45) is 5.41 Å². The molecule has 1 aliphatic rings. The number of likely N-dealkylation sites (N-methyl/N-ethyl adjacent to an activating group) is 1. The quantitative estimate of drug-likeness (QED) is 0.867. The van der Waals surface area contributed by atoms with Crippen LogP contribution in [0.25, 0.3) is 0 Å². The maximum atomic E-state index is 11.6. The third-order valence-electron chi connectivity index (χ3n) is 3.47. The van der Waals surface area contributed by atoms with Gasteiger partial charge in [0.1, 0.15) is 0 Å². The summed E-state index contributed by atoms with van der Waals surface area (Å²) >= 11 is 0. The molecular weight excluding hydrogens is 244 g/mol. The highest BCUT2D eigenvalue weighted by molar-refractivity contribution is 6.01. The molecule has 5 heteroatoms. The maximum Gasteiger partial charge on any atom is 0.310 e. The molecule has 0 spiro atoms. The number of amides is 1. The largest absolute Gasteiger partial charge is 0.481 e. The second-order valence-electron chi connectivity index (χ2n) is 5.52. The lowest BCUT2D eigenvalue weighted by molar-refractivity contribution is -0.146. The van der Waals surface area contributed by atoms with Crippen LogP contribution in [0, 0.1) is 5.41 Å². The maximum absolute atomic E-state index is 11.6. The van der Waals surface area contributed by atoms with Crippen LogP contribution in [-0.2, 0) is 16.0 Å². The van der Waals surface area contributed by atoms with Gasteiger partial charge in [0.25, 0.3) is 0 Å². The third-order valence-corrected chi connectivity index (χ3v) is 3.47. The first-order chi connectivity index (χ1) is 8.81. The van der Waals surface area contributed by atoms with Crippen LogP contribution in [0.3, 0.4) is 0 Å². The molecule has 0 fully saturated rings. The zero-order valence-corrected chi connectivity index (χ0v) is 11.4. The standard InChI is InChI=1S/C14H18N2O3/c1-14(2,13(18)19)8-15-10-4-5-11-9(6-10)7-12(17)16(11)3/h4-6,15H,7-8H2,1-3H3,(H,18,19). The van der Waals surface area contributed by atoms with Crippen LogP contribution in [0.1, 0.15) is 19.4 Å². The number of carbonyl (C=O) groups excluding carboxylic acids is 1. The lowest BCUT2D eigenvalue weighted by atomic mass is 9.94. The summed E-state index contributed by atoms with van der Waals surface area (Å²) in [6, 6.07) is 5.66. The Bertz CT molecular complexity index is 537. The summed E-state index contributed by atoms with van der Waals surface area (Å²) in [4.78, 5) is 24.2. The number of carbonyl (C=O) groups is 2. The Morgan fingerprint density at radius 2 is 2.16 bits per heavy atom. The number of hydrogen-bond donors (Lipinski definition) is 2. The van der Waals surface area contributed by atoms with Gasteiger partial charge in [0.2, 0.25) is 5.91 Å². The van der Waals surface area contributed by atoms with Crippen molar-refractivity contribution in [1.29, 1.82) is 0 Å². The first kappa shape index (κ1) is 13.4. The van der Waals surface area contributed by atoms with Gasteiger partial charge < -0.3 is 15.3 Å². The molecule has 2 rings (SSSR count). The molecule has 0 bridgehead atoms. The lowest BCUT2D eigenvalue weighted by Gasteiger charge is -2.20. The first-order valence-corrected chi connectivity index (χ1v) is 6.18. The lowest BCUT2D eigenvalue weighted by Crippen LogP contribution is -2.31. The number of fused-ring (bicyclic) bond motifs is 1. The van der Waals surface area contributed by atoms with E-state index < -0.39 is 11.4 Å². The van der Waals surface area contributed by atoms with Crippen LogP contribution >= 0.6 is 0 Å². The van der Waals surface area contributed by atoms with Crippen LogP contribution in [0.2, 0.25) is 0 Å². The average Bonchev–Trinajstić information content (AvgIpc) is 2.62. The Hall–Kier alpha value is -2.04. The molecule has 0 saturated heterocycles. The second kappa shape index (κ2) is 4.57. The first-order valence-electron chi connectivity index (χ1n) is 6.18. The number of anilines is 2. The Balaban J connectivity index is 2.11. The van der Waals surface area contributed by atoms with Crippen molar-refractivity contribution in [3.05, 3.63) is 23.8 Å². The van der Waals surface area contributed by atoms with Crippen LogP contribution in [-0.4, -0.2) is 30.6 Å². The van der Waals surface area contributed by atoms with Gasteiger partial charge in [0.15, 0.2) is 0 Å². The smallest absolute Gasteiger partial charge is 0.310 e. The van der Waals surface area contributed by atoms with Crippen LogP contribution in [0.5, 0.6) is 0 Å². The molecule has 1 aromatic rings. The molecule has 1 aliphatic heterocycles. The highest BCUT2D eigenvalue weighted by Gasteiger charge is 2.27. The molecule has 1 aromatic carbocycles. The molecule has 2 N–H and O–H groups in total. The molecule has 0 aromatic heterocycles. The van der Waals surface area contributed by atoms with E-state index in [0.29, 0.717) is 13.0 Å². The van der Waals surface area contributed by atoms with Gasteiger partial charge in [0, 0.05) is 25.0 Å². The van der Waals surface area contributed by atoms with Gasteiger partial charge in [-0.05, 0) is 37.6 Å². The number of carboxylic acid groups (broad SMARTS) is 1. The minimum atomic E-state index is -0.837. The fraction of sp³-hybridized carbons (Fsp3) is 0.429. The van der Waals surface area contributed by atoms with E-state index >= 15 is 0 Å². The van der Waals surface area contributed by atoms with Crippen LogP contribution in [0.15, 0.2) is 18.2 Å². The SMILES string of the molecule is CN1C(=O)Cc2cc(NCC(C)(C)C(=O)O)ccc21. The molecule has 102 valence electrons. The van der Waals surface area contributed by atoms with E-state index in [1.165, 1.54) is 0 Å². The Morgan fingerprint density at radius 3 is 2.79 bits per heavy atom. The second-order valence-corrected chi connectivity index (χ2v) is 5.52. The zero-order chi connectivity index (χ0) is 14.2. The van der Waals surface area contributed by atoms with Crippen molar-refractivity contribution >= 4 is 23.3 Å². The summed E-state index contributed by atoms with van der Waals surface area (Å²) in [5, 5.41) is 12.2. The number of carboxylic acids is 1. The molecule has 0 radical (unpaired) electrons. The molecule has 1 amide bonds. The van der Waals surface area contributed by atoms with Gasteiger partial charge in [-0.15, -0.1) is 0 Å². The predicted molar refractivity (Wildman–Crippen MR) is 73.5 cm³/mol. The van der Waals surface area contributed by atoms with E-state index in [1.54, 1.807) is 25.8 Å². The fourth-order valence-electron chi connectivity index (χ4n) is 1.98. The summed E-state index contributed by atoms with van der Waals surface area (Å²) in [5.41, 5.74) is 1.92. The van der Waals surface area contributed by atoms with Crippen molar-refractivity contribution in [1.82, 2.24) is 0 Å². The van der Waals surface area contributed by atoms with E-state index in [0.717, 1.165) is 16.9 Å². The molecule has 19 heavy (non-hydrogen) atoms. The molecule has 1 heterocycles. The number of rotatable bonds is 4. The van der Waals surface area contributed by atoms with Crippen molar-refractivity contribution in [2.45, 2.75) is 20.3 Å². The van der Waals surface area contributed by atoms with Crippen molar-refractivity contribution < 1.29 is 14.7 Å². The van der Waals surface area contributed by atoms with Crippen molar-refractivity contribution in [3.63, 3.8) is 0 Å². The topological polar surface area (TPSA) is 69.6 Å². The monoisotopic (exact) mass is 262 g/mol. The predicted octanol–water partition coefficient (Wildman–Crippen LogP) is 1.73. The van der Waals surface area contributed by atoms with Crippen molar-refractivity contribution in [2.75, 3.05) is 23.8 Å². The van der Waals surface area contributed by atoms with E-state index in [4.69, 9.17) is 5.11 Å². The zero-order valence-electron chi connectivity index (χ0n) is 11.4. The molecule has 0 saturated carbocycles. The minimum Gasteiger partial charge on any atom is -0.481 e. The summed E-state index contributed by atoms with van der Waals surface area (Å²) in [5.74, 6) is -0.755. The molecule has 0 atom stereocenters. The normalized spacial score (nSPS) is 14.5. The van der Waals surface area contributed by atoms with Gasteiger partial charge in [-0.3, -0.25) is 9.59 Å². The van der Waals surface area contributed by atoms with Gasteiger partial charge >= 0.3 is 5.97 Å². The number of hydrogen-bond acceptors (Lipinski definition) is 3. The van der Waals surface area contributed by atoms with Crippen LogP contribution in [0.4, 0.5) is 11.4 Å². The minimum absolute atomic E-state index is 0.0815. The highest BCUT2D eigenvalue weighted by atomic mass is 16.4. The third kappa shape index (κ3) is 2.54. The summed E-state index contributed by atoms with van der Waals surface area (Å²) < 4.78 is 0. The van der Waals surface area contributed by atoms with Gasteiger partial charge in [0.05, 0.1) is 11.8 Å². The summed E-state index contributed by atoms with van der Waals surface area (Å²) in [7, 11) is 1.76. The van der Waals surface area contributed by atoms with E-state index in [1.807, 2.05) is 18.2 Å². The Kier molecular flexibility index (Phi) is 3.22. The van der Waals surface area contributed by atoms with E-state index in [9.17, 15) is 9.59 Å². The number of benzene rings is 1. The van der Waals surface area contributed by atoms with Gasteiger partial charge in [-0.2, -0.15) is 0 Å². The summed E-state index contributed by atoms with van der Waals surface area (Å²) in [6.07, 6.45) is 0.406.